The van der Waals surface area contributed by atoms with Crippen molar-refractivity contribution in [3.63, 3.8) is 0 Å². The van der Waals surface area contributed by atoms with Crippen LogP contribution in [0.3, 0.4) is 0 Å². The van der Waals surface area contributed by atoms with Gasteiger partial charge in [0.05, 0.1) is 5.75 Å². The summed E-state index contributed by atoms with van der Waals surface area (Å²) in [4.78, 5) is 14.7. The topological polar surface area (TPSA) is 57.7 Å². The minimum absolute atomic E-state index is 0.0126. The van der Waals surface area contributed by atoms with Crippen molar-refractivity contribution in [1.29, 1.82) is 0 Å². The fourth-order valence-electron chi connectivity index (χ4n) is 3.00. The predicted molar refractivity (Wildman–Crippen MR) is 83.4 cm³/mol. The molecule has 0 aromatic heterocycles. The molecule has 21 heavy (non-hydrogen) atoms. The Kier molecular flexibility index (Phi) is 5.66. The first kappa shape index (κ1) is 16.7. The van der Waals surface area contributed by atoms with Gasteiger partial charge in [0.25, 0.3) is 0 Å². The van der Waals surface area contributed by atoms with Crippen LogP contribution in [-0.4, -0.2) is 55.5 Å². The van der Waals surface area contributed by atoms with Crippen molar-refractivity contribution < 1.29 is 13.2 Å². The quantitative estimate of drug-likeness (QED) is 0.718. The van der Waals surface area contributed by atoms with E-state index in [0.717, 1.165) is 19.5 Å². The van der Waals surface area contributed by atoms with Gasteiger partial charge in [-0.1, -0.05) is 6.92 Å². The van der Waals surface area contributed by atoms with Crippen LogP contribution in [0.1, 0.15) is 46.0 Å². The molecule has 1 saturated heterocycles. The van der Waals surface area contributed by atoms with Gasteiger partial charge in [-0.05, 0) is 44.9 Å². The lowest BCUT2D eigenvalue weighted by atomic mass is 9.96. The van der Waals surface area contributed by atoms with Crippen LogP contribution in [0.4, 0.5) is 0 Å². The molecule has 5 nitrogen and oxygen atoms in total. The molecule has 2 rings (SSSR count). The zero-order chi connectivity index (χ0) is 15.5. The number of sulfonamides is 1. The number of piperidine rings is 1. The standard InChI is InChI=1S/C15H28N2O3S/c1-3-9-16(12-13-5-6-13)15(18)14-7-10-17(11-8-14)21(19,20)4-2/h13-14H,3-12H2,1-2H3. The Morgan fingerprint density at radius 3 is 2.24 bits per heavy atom. The molecule has 0 spiro atoms. The highest BCUT2D eigenvalue weighted by molar-refractivity contribution is 7.89. The van der Waals surface area contributed by atoms with Gasteiger partial charge in [-0.15, -0.1) is 0 Å². The fraction of sp³-hybridized carbons (Fsp3) is 0.933. The molecular formula is C15H28N2O3S. The van der Waals surface area contributed by atoms with Gasteiger partial charge in [-0.25, -0.2) is 12.7 Å². The lowest BCUT2D eigenvalue weighted by molar-refractivity contribution is -0.137. The molecule has 0 aromatic carbocycles. The summed E-state index contributed by atoms with van der Waals surface area (Å²) in [6, 6.07) is 0. The van der Waals surface area contributed by atoms with Gasteiger partial charge in [0.2, 0.25) is 15.9 Å². The lowest BCUT2D eigenvalue weighted by Crippen LogP contribution is -2.45. The van der Waals surface area contributed by atoms with Crippen LogP contribution in [0, 0.1) is 11.8 Å². The van der Waals surface area contributed by atoms with E-state index < -0.39 is 10.0 Å². The average Bonchev–Trinajstić information content (AvgIpc) is 3.30. The van der Waals surface area contributed by atoms with Crippen LogP contribution in [0.15, 0.2) is 0 Å². The molecule has 0 unspecified atom stereocenters. The van der Waals surface area contributed by atoms with Crippen LogP contribution >= 0.6 is 0 Å². The number of carbonyl (C=O) groups is 1. The minimum atomic E-state index is -3.10. The Bertz CT molecular complexity index is 452. The summed E-state index contributed by atoms with van der Waals surface area (Å²) in [5, 5.41) is 0. The smallest absolute Gasteiger partial charge is 0.225 e. The van der Waals surface area contributed by atoms with Gasteiger partial charge in [0.15, 0.2) is 0 Å². The highest BCUT2D eigenvalue weighted by Gasteiger charge is 2.34. The van der Waals surface area contributed by atoms with Crippen LogP contribution in [0.2, 0.25) is 0 Å². The maximum absolute atomic E-state index is 12.6. The Morgan fingerprint density at radius 1 is 1.14 bits per heavy atom. The molecule has 2 aliphatic rings. The Labute approximate surface area is 128 Å². The zero-order valence-corrected chi connectivity index (χ0v) is 14.1. The molecule has 1 aliphatic heterocycles. The van der Waals surface area contributed by atoms with Crippen LogP contribution in [0.5, 0.6) is 0 Å². The van der Waals surface area contributed by atoms with E-state index in [2.05, 4.69) is 6.92 Å². The van der Waals surface area contributed by atoms with E-state index in [-0.39, 0.29) is 17.6 Å². The summed E-state index contributed by atoms with van der Waals surface area (Å²) in [7, 11) is -3.10. The molecule has 0 radical (unpaired) electrons. The summed E-state index contributed by atoms with van der Waals surface area (Å²) in [5.41, 5.74) is 0. The average molecular weight is 316 g/mol. The van der Waals surface area contributed by atoms with E-state index in [1.165, 1.54) is 12.8 Å². The van der Waals surface area contributed by atoms with E-state index in [0.29, 0.717) is 31.8 Å². The third-order valence-corrected chi connectivity index (χ3v) is 6.42. The molecule has 1 saturated carbocycles. The Balaban J connectivity index is 1.88. The van der Waals surface area contributed by atoms with Gasteiger partial charge in [-0.2, -0.15) is 0 Å². The van der Waals surface area contributed by atoms with Gasteiger partial charge >= 0.3 is 0 Å². The van der Waals surface area contributed by atoms with Crippen molar-refractivity contribution in [3.8, 4) is 0 Å². The van der Waals surface area contributed by atoms with Crippen molar-refractivity contribution in [2.24, 2.45) is 11.8 Å². The van der Waals surface area contributed by atoms with Crippen molar-refractivity contribution >= 4 is 15.9 Å². The summed E-state index contributed by atoms with van der Waals surface area (Å²) >= 11 is 0. The molecule has 0 aromatic rings. The van der Waals surface area contributed by atoms with E-state index in [4.69, 9.17) is 0 Å². The molecule has 1 aliphatic carbocycles. The Hall–Kier alpha value is -0.620. The van der Waals surface area contributed by atoms with E-state index in [1.54, 1.807) is 11.2 Å². The second-order valence-electron chi connectivity index (χ2n) is 6.30. The number of amides is 1. The molecule has 0 N–H and O–H groups in total. The number of carbonyl (C=O) groups excluding carboxylic acids is 1. The Morgan fingerprint density at radius 2 is 1.76 bits per heavy atom. The minimum Gasteiger partial charge on any atom is -0.342 e. The predicted octanol–water partition coefficient (Wildman–Crippen LogP) is 1.70. The third-order valence-electron chi connectivity index (χ3n) is 4.54. The number of rotatable bonds is 7. The van der Waals surface area contributed by atoms with E-state index >= 15 is 0 Å². The molecule has 0 bridgehead atoms. The van der Waals surface area contributed by atoms with E-state index in [1.807, 2.05) is 4.90 Å². The largest absolute Gasteiger partial charge is 0.342 e. The molecule has 1 amide bonds. The molecular weight excluding hydrogens is 288 g/mol. The molecule has 6 heteroatoms. The lowest BCUT2D eigenvalue weighted by Gasteiger charge is -2.33. The molecule has 0 atom stereocenters. The summed E-state index contributed by atoms with van der Waals surface area (Å²) in [6.45, 7) is 6.50. The SMILES string of the molecule is CCCN(CC1CC1)C(=O)C1CCN(S(=O)(=O)CC)CC1. The van der Waals surface area contributed by atoms with Crippen molar-refractivity contribution in [2.75, 3.05) is 31.9 Å². The molecule has 2 fully saturated rings. The monoisotopic (exact) mass is 316 g/mol. The zero-order valence-electron chi connectivity index (χ0n) is 13.3. The number of nitrogens with zero attached hydrogens (tertiary/aromatic N) is 2. The second kappa shape index (κ2) is 7.09. The highest BCUT2D eigenvalue weighted by Crippen LogP contribution is 2.31. The number of hydrogen-bond donors (Lipinski definition) is 0. The summed E-state index contributed by atoms with van der Waals surface area (Å²) < 4.78 is 25.2. The maximum Gasteiger partial charge on any atom is 0.225 e. The van der Waals surface area contributed by atoms with Gasteiger partial charge in [-0.3, -0.25) is 4.79 Å². The van der Waals surface area contributed by atoms with Crippen molar-refractivity contribution in [3.05, 3.63) is 0 Å². The third kappa shape index (κ3) is 4.42. The normalized spacial score (nSPS) is 21.4. The van der Waals surface area contributed by atoms with Crippen LogP contribution < -0.4 is 0 Å². The summed E-state index contributed by atoms with van der Waals surface area (Å²) in [6.07, 6.45) is 4.83. The van der Waals surface area contributed by atoms with Crippen molar-refractivity contribution in [2.45, 2.75) is 46.0 Å². The first-order valence-corrected chi connectivity index (χ1v) is 9.85. The van der Waals surface area contributed by atoms with Gasteiger partial charge < -0.3 is 4.90 Å². The molecule has 122 valence electrons. The fourth-order valence-corrected chi connectivity index (χ4v) is 4.13. The maximum atomic E-state index is 12.6. The molecule has 1 heterocycles. The number of hydrogen-bond acceptors (Lipinski definition) is 3. The van der Waals surface area contributed by atoms with E-state index in [9.17, 15) is 13.2 Å². The first-order valence-electron chi connectivity index (χ1n) is 8.24. The van der Waals surface area contributed by atoms with Gasteiger partial charge in [0.1, 0.15) is 0 Å². The van der Waals surface area contributed by atoms with Gasteiger partial charge in [0, 0.05) is 32.1 Å². The van der Waals surface area contributed by atoms with Crippen molar-refractivity contribution in [1.82, 2.24) is 9.21 Å². The highest BCUT2D eigenvalue weighted by atomic mass is 32.2. The van der Waals surface area contributed by atoms with Crippen LogP contribution in [0.25, 0.3) is 0 Å². The summed E-state index contributed by atoms with van der Waals surface area (Å²) in [5.74, 6) is 1.12. The second-order valence-corrected chi connectivity index (χ2v) is 8.56. The van der Waals surface area contributed by atoms with Crippen LogP contribution in [-0.2, 0) is 14.8 Å². The first-order chi connectivity index (χ1) is 9.97.